The van der Waals surface area contributed by atoms with Crippen LogP contribution >= 0.6 is 0 Å². The fourth-order valence-corrected chi connectivity index (χ4v) is 3.39. The van der Waals surface area contributed by atoms with E-state index in [1.807, 2.05) is 41.1 Å². The minimum absolute atomic E-state index is 0.129. The largest absolute Gasteiger partial charge is 0.314 e. The van der Waals surface area contributed by atoms with Gasteiger partial charge in [-0.2, -0.15) is 0 Å². The highest BCUT2D eigenvalue weighted by molar-refractivity contribution is 5.81. The summed E-state index contributed by atoms with van der Waals surface area (Å²) >= 11 is 0. The molecule has 2 aliphatic rings. The van der Waals surface area contributed by atoms with E-state index in [4.69, 9.17) is 0 Å². The summed E-state index contributed by atoms with van der Waals surface area (Å²) in [6.07, 6.45) is 7.50. The number of hydrogen-bond acceptors (Lipinski definition) is 2. The van der Waals surface area contributed by atoms with Crippen LogP contribution in [0, 0.1) is 11.8 Å². The predicted octanol–water partition coefficient (Wildman–Crippen LogP) is 2.78. The van der Waals surface area contributed by atoms with Gasteiger partial charge in [-0.05, 0) is 55.0 Å². The first kappa shape index (κ1) is 13.1. The van der Waals surface area contributed by atoms with E-state index in [0.717, 1.165) is 35.7 Å². The highest BCUT2D eigenvalue weighted by atomic mass is 16.1. The van der Waals surface area contributed by atoms with Crippen LogP contribution in [-0.2, 0) is 6.54 Å². The van der Waals surface area contributed by atoms with Gasteiger partial charge in [-0.25, -0.2) is 0 Å². The minimum Gasteiger partial charge on any atom is -0.314 e. The second-order valence-corrected chi connectivity index (χ2v) is 6.56. The molecule has 3 nitrogen and oxygen atoms in total. The summed E-state index contributed by atoms with van der Waals surface area (Å²) in [5.74, 6) is 1.82. The molecule has 0 radical (unpaired) electrons. The van der Waals surface area contributed by atoms with Gasteiger partial charge < -0.3 is 9.88 Å². The third-order valence-electron chi connectivity index (χ3n) is 4.88. The van der Waals surface area contributed by atoms with E-state index >= 15 is 0 Å². The molecule has 4 rings (SSSR count). The summed E-state index contributed by atoms with van der Waals surface area (Å²) in [5.41, 5.74) is 0.129. The van der Waals surface area contributed by atoms with Crippen molar-refractivity contribution in [3.05, 3.63) is 46.9 Å². The van der Waals surface area contributed by atoms with Gasteiger partial charge >= 0.3 is 0 Å². The molecule has 2 saturated carbocycles. The van der Waals surface area contributed by atoms with E-state index in [0.29, 0.717) is 6.04 Å². The van der Waals surface area contributed by atoms with Crippen LogP contribution in [0.1, 0.15) is 25.7 Å². The van der Waals surface area contributed by atoms with E-state index in [1.165, 1.54) is 25.7 Å². The molecule has 2 aromatic rings. The van der Waals surface area contributed by atoms with Crippen molar-refractivity contribution in [2.45, 2.75) is 38.3 Å². The molecular formula is C18H22N2O. The standard InChI is InChI=1S/C18H22N2O/c21-18-16-4-2-1-3-13(16)9-11-20(18)12-10-19-17(14-5-6-14)15-7-8-15/h1-4,9,11,14-15,17,19H,5-8,10,12H2. The van der Waals surface area contributed by atoms with Crippen LogP contribution in [0.5, 0.6) is 0 Å². The molecule has 2 aliphatic carbocycles. The maximum Gasteiger partial charge on any atom is 0.258 e. The van der Waals surface area contributed by atoms with Crippen molar-refractivity contribution in [1.29, 1.82) is 0 Å². The zero-order valence-corrected chi connectivity index (χ0v) is 12.3. The lowest BCUT2D eigenvalue weighted by molar-refractivity contribution is 0.405. The van der Waals surface area contributed by atoms with Crippen molar-refractivity contribution in [1.82, 2.24) is 9.88 Å². The average molecular weight is 282 g/mol. The number of rotatable bonds is 6. The first-order valence-corrected chi connectivity index (χ1v) is 8.14. The van der Waals surface area contributed by atoms with Crippen LogP contribution in [0.3, 0.4) is 0 Å². The number of nitrogens with zero attached hydrogens (tertiary/aromatic N) is 1. The third kappa shape index (κ3) is 2.75. The number of benzene rings is 1. The molecule has 1 aromatic carbocycles. The Balaban J connectivity index is 1.44. The van der Waals surface area contributed by atoms with Gasteiger partial charge in [0.25, 0.3) is 5.56 Å². The van der Waals surface area contributed by atoms with E-state index in [2.05, 4.69) is 5.32 Å². The van der Waals surface area contributed by atoms with Crippen molar-refractivity contribution in [2.75, 3.05) is 6.54 Å². The van der Waals surface area contributed by atoms with Gasteiger partial charge in [0.15, 0.2) is 0 Å². The molecule has 1 heterocycles. The Bertz CT molecular complexity index is 686. The monoisotopic (exact) mass is 282 g/mol. The van der Waals surface area contributed by atoms with Gasteiger partial charge in [-0.3, -0.25) is 4.79 Å². The molecule has 0 aliphatic heterocycles. The van der Waals surface area contributed by atoms with E-state index in [9.17, 15) is 4.79 Å². The molecule has 0 amide bonds. The van der Waals surface area contributed by atoms with Crippen LogP contribution in [0.25, 0.3) is 10.8 Å². The number of pyridine rings is 1. The highest BCUT2D eigenvalue weighted by Gasteiger charge is 2.40. The van der Waals surface area contributed by atoms with Crippen molar-refractivity contribution in [2.24, 2.45) is 11.8 Å². The SMILES string of the molecule is O=c1c2ccccc2ccn1CCNC(C1CC1)C1CC1. The van der Waals surface area contributed by atoms with Crippen LogP contribution < -0.4 is 10.9 Å². The summed E-state index contributed by atoms with van der Waals surface area (Å²) in [6, 6.07) is 10.6. The van der Waals surface area contributed by atoms with Gasteiger partial charge in [0, 0.05) is 30.7 Å². The van der Waals surface area contributed by atoms with Crippen LogP contribution in [0.2, 0.25) is 0 Å². The summed E-state index contributed by atoms with van der Waals surface area (Å²) in [4.78, 5) is 12.4. The molecule has 1 N–H and O–H groups in total. The predicted molar refractivity (Wildman–Crippen MR) is 85.4 cm³/mol. The smallest absolute Gasteiger partial charge is 0.258 e. The summed E-state index contributed by atoms with van der Waals surface area (Å²) in [5, 5.41) is 5.56. The molecule has 0 bridgehead atoms. The summed E-state index contributed by atoms with van der Waals surface area (Å²) in [6.45, 7) is 1.66. The molecule has 1 aromatic heterocycles. The van der Waals surface area contributed by atoms with Crippen molar-refractivity contribution in [3.63, 3.8) is 0 Å². The molecule has 21 heavy (non-hydrogen) atoms. The quantitative estimate of drug-likeness (QED) is 0.884. The molecule has 0 spiro atoms. The fourth-order valence-electron chi connectivity index (χ4n) is 3.39. The summed E-state index contributed by atoms with van der Waals surface area (Å²) in [7, 11) is 0. The molecule has 0 atom stereocenters. The lowest BCUT2D eigenvalue weighted by atomic mass is 10.1. The van der Waals surface area contributed by atoms with Crippen LogP contribution in [0.4, 0.5) is 0 Å². The Morgan fingerprint density at radius 3 is 2.52 bits per heavy atom. The summed E-state index contributed by atoms with van der Waals surface area (Å²) < 4.78 is 1.84. The number of fused-ring (bicyclic) bond motifs is 1. The number of hydrogen-bond donors (Lipinski definition) is 1. The Labute approximate surface area is 125 Å². The van der Waals surface area contributed by atoms with Crippen LogP contribution in [0.15, 0.2) is 41.3 Å². The average Bonchev–Trinajstić information content (AvgIpc) is 3.38. The van der Waals surface area contributed by atoms with Crippen molar-refractivity contribution >= 4 is 10.8 Å². The molecule has 0 unspecified atom stereocenters. The molecule has 2 fully saturated rings. The van der Waals surface area contributed by atoms with Crippen LogP contribution in [-0.4, -0.2) is 17.2 Å². The highest BCUT2D eigenvalue weighted by Crippen LogP contribution is 2.44. The Hall–Kier alpha value is -1.61. The first-order valence-electron chi connectivity index (χ1n) is 8.14. The van der Waals surface area contributed by atoms with Gasteiger partial charge in [-0.1, -0.05) is 18.2 Å². The van der Waals surface area contributed by atoms with E-state index in [1.54, 1.807) is 0 Å². The molecule has 3 heteroatoms. The van der Waals surface area contributed by atoms with Gasteiger partial charge in [0.1, 0.15) is 0 Å². The third-order valence-corrected chi connectivity index (χ3v) is 4.88. The topological polar surface area (TPSA) is 34.0 Å². The maximum atomic E-state index is 12.4. The van der Waals surface area contributed by atoms with E-state index < -0.39 is 0 Å². The minimum atomic E-state index is 0.129. The van der Waals surface area contributed by atoms with Crippen molar-refractivity contribution < 1.29 is 0 Å². The second kappa shape index (κ2) is 5.30. The number of nitrogens with one attached hydrogen (secondary N) is 1. The maximum absolute atomic E-state index is 12.4. The second-order valence-electron chi connectivity index (χ2n) is 6.56. The van der Waals surface area contributed by atoms with Crippen molar-refractivity contribution in [3.8, 4) is 0 Å². The zero-order chi connectivity index (χ0) is 14.2. The normalized spacial score (nSPS) is 18.5. The number of aromatic nitrogens is 1. The van der Waals surface area contributed by atoms with Gasteiger partial charge in [0.05, 0.1) is 0 Å². The lowest BCUT2D eigenvalue weighted by Crippen LogP contribution is -2.36. The lowest BCUT2D eigenvalue weighted by Gasteiger charge is -2.18. The first-order chi connectivity index (χ1) is 10.3. The Morgan fingerprint density at radius 2 is 1.81 bits per heavy atom. The Kier molecular flexibility index (Phi) is 3.30. The molecule has 0 saturated heterocycles. The molecule has 110 valence electrons. The molecular weight excluding hydrogens is 260 g/mol. The van der Waals surface area contributed by atoms with Gasteiger partial charge in [0.2, 0.25) is 0 Å². The van der Waals surface area contributed by atoms with E-state index in [-0.39, 0.29) is 5.56 Å². The zero-order valence-electron chi connectivity index (χ0n) is 12.3. The van der Waals surface area contributed by atoms with Gasteiger partial charge in [-0.15, -0.1) is 0 Å². The Morgan fingerprint density at radius 1 is 1.10 bits per heavy atom. The fraction of sp³-hybridized carbons (Fsp3) is 0.500.